The second-order valence-corrected chi connectivity index (χ2v) is 12.9. The monoisotopic (exact) mass is 548 g/mol. The summed E-state index contributed by atoms with van der Waals surface area (Å²) in [6, 6.07) is 13.0. The molecular formula is C33H48N4O3. The van der Waals surface area contributed by atoms with Gasteiger partial charge in [0.1, 0.15) is 5.82 Å². The van der Waals surface area contributed by atoms with E-state index in [1.807, 2.05) is 0 Å². The number of anilines is 2. The van der Waals surface area contributed by atoms with Gasteiger partial charge in [-0.3, -0.25) is 4.79 Å². The smallest absolute Gasteiger partial charge is 0.304 e. The summed E-state index contributed by atoms with van der Waals surface area (Å²) in [4.78, 5) is 21.6. The molecule has 0 radical (unpaired) electrons. The zero-order valence-electron chi connectivity index (χ0n) is 24.5. The molecule has 2 atom stereocenters. The van der Waals surface area contributed by atoms with Crippen molar-refractivity contribution in [1.29, 1.82) is 0 Å². The summed E-state index contributed by atoms with van der Waals surface area (Å²) < 4.78 is 6.44. The van der Waals surface area contributed by atoms with Gasteiger partial charge in [0, 0.05) is 43.5 Å². The van der Waals surface area contributed by atoms with E-state index in [2.05, 4.69) is 65.4 Å². The largest absolute Gasteiger partial charge is 0.481 e. The first kappa shape index (κ1) is 28.9. The number of hydrogen-bond donors (Lipinski definition) is 2. The van der Waals surface area contributed by atoms with Crippen LogP contribution in [0.1, 0.15) is 81.5 Å². The molecule has 2 N–H and O–H groups in total. The summed E-state index contributed by atoms with van der Waals surface area (Å²) >= 11 is 0. The van der Waals surface area contributed by atoms with Gasteiger partial charge in [-0.15, -0.1) is 0 Å². The fourth-order valence-corrected chi connectivity index (χ4v) is 6.70. The maximum absolute atomic E-state index is 11.8. The van der Waals surface area contributed by atoms with E-state index >= 15 is 0 Å². The van der Waals surface area contributed by atoms with E-state index in [0.29, 0.717) is 12.0 Å². The van der Waals surface area contributed by atoms with Crippen LogP contribution in [0.2, 0.25) is 0 Å². The number of fused-ring (bicyclic) bond motifs is 1. The van der Waals surface area contributed by atoms with E-state index in [1.165, 1.54) is 36.2 Å². The highest BCUT2D eigenvalue weighted by atomic mass is 16.5. The number of aryl methyl sites for hydroxylation is 2. The minimum absolute atomic E-state index is 0.0913. The van der Waals surface area contributed by atoms with Crippen LogP contribution in [0.3, 0.4) is 0 Å². The fraction of sp³-hybridized carbons (Fsp3) is 0.636. The maximum Gasteiger partial charge on any atom is 0.304 e. The number of aliphatic carboxylic acids is 1. The second kappa shape index (κ2) is 13.3. The summed E-state index contributed by atoms with van der Waals surface area (Å²) in [6.45, 7) is 11.3. The molecule has 2 saturated heterocycles. The topological polar surface area (TPSA) is 77.9 Å². The lowest BCUT2D eigenvalue weighted by Gasteiger charge is -2.39. The number of carbonyl (C=O) groups is 1. The Balaban J connectivity index is 1.13. The van der Waals surface area contributed by atoms with Gasteiger partial charge >= 0.3 is 5.97 Å². The first-order chi connectivity index (χ1) is 19.3. The Labute approximate surface area is 240 Å². The van der Waals surface area contributed by atoms with Gasteiger partial charge in [0.05, 0.1) is 19.1 Å². The third kappa shape index (κ3) is 7.97. The molecule has 1 aromatic heterocycles. The molecule has 0 saturated carbocycles. The summed E-state index contributed by atoms with van der Waals surface area (Å²) in [7, 11) is 0. The first-order valence-corrected chi connectivity index (χ1v) is 15.5. The van der Waals surface area contributed by atoms with Crippen molar-refractivity contribution in [2.45, 2.75) is 83.7 Å². The normalized spacial score (nSPS) is 21.9. The molecule has 0 amide bonds. The quantitative estimate of drug-likeness (QED) is 0.371. The highest BCUT2D eigenvalue weighted by Gasteiger charge is 2.28. The van der Waals surface area contributed by atoms with Crippen LogP contribution in [-0.2, 0) is 22.4 Å². The highest BCUT2D eigenvalue weighted by molar-refractivity contribution is 5.68. The number of nitrogens with one attached hydrogen (secondary N) is 1. The van der Waals surface area contributed by atoms with Crippen molar-refractivity contribution < 1.29 is 14.6 Å². The Morgan fingerprint density at radius 3 is 2.95 bits per heavy atom. The predicted octanol–water partition coefficient (Wildman–Crippen LogP) is 5.74. The van der Waals surface area contributed by atoms with Crippen molar-refractivity contribution in [3.05, 3.63) is 53.2 Å². The molecule has 0 bridgehead atoms. The van der Waals surface area contributed by atoms with E-state index in [-0.39, 0.29) is 18.4 Å². The number of rotatable bonds is 11. The molecule has 3 aliphatic rings. The van der Waals surface area contributed by atoms with Crippen LogP contribution < -0.4 is 10.2 Å². The molecule has 40 heavy (non-hydrogen) atoms. The molecule has 2 fully saturated rings. The van der Waals surface area contributed by atoms with Crippen molar-refractivity contribution in [3.63, 3.8) is 0 Å². The Morgan fingerprint density at radius 2 is 2.10 bits per heavy atom. The van der Waals surface area contributed by atoms with Crippen molar-refractivity contribution >= 4 is 17.5 Å². The van der Waals surface area contributed by atoms with E-state index in [1.54, 1.807) is 0 Å². The number of ether oxygens (including phenoxy) is 1. The molecule has 4 heterocycles. The predicted molar refractivity (Wildman–Crippen MR) is 161 cm³/mol. The molecule has 218 valence electrons. The Bertz CT molecular complexity index is 1140. The molecule has 3 aliphatic heterocycles. The summed E-state index contributed by atoms with van der Waals surface area (Å²) in [5.74, 6) is 0.167. The zero-order valence-corrected chi connectivity index (χ0v) is 24.5. The highest BCUT2D eigenvalue weighted by Crippen LogP contribution is 2.33. The number of carboxylic acid groups (broad SMARTS) is 1. The van der Waals surface area contributed by atoms with Crippen molar-refractivity contribution in [2.75, 3.05) is 56.1 Å². The summed E-state index contributed by atoms with van der Waals surface area (Å²) in [5, 5.41) is 13.1. The van der Waals surface area contributed by atoms with Crippen molar-refractivity contribution in [1.82, 2.24) is 9.88 Å². The van der Waals surface area contributed by atoms with E-state index in [4.69, 9.17) is 9.72 Å². The van der Waals surface area contributed by atoms with Crippen LogP contribution in [0, 0.1) is 5.41 Å². The minimum atomic E-state index is -0.769. The lowest BCUT2D eigenvalue weighted by Crippen LogP contribution is -2.41. The summed E-state index contributed by atoms with van der Waals surface area (Å²) in [6.07, 6.45) is 9.23. The Morgan fingerprint density at radius 1 is 1.20 bits per heavy atom. The van der Waals surface area contributed by atoms with Gasteiger partial charge in [0.25, 0.3) is 0 Å². The van der Waals surface area contributed by atoms with E-state index in [0.717, 1.165) is 82.8 Å². The van der Waals surface area contributed by atoms with Crippen LogP contribution in [0.15, 0.2) is 36.4 Å². The number of likely N-dealkylation sites (tertiary alicyclic amines) is 1. The van der Waals surface area contributed by atoms with Gasteiger partial charge in [-0.25, -0.2) is 4.98 Å². The molecule has 0 spiro atoms. The van der Waals surface area contributed by atoms with Gasteiger partial charge in [0.15, 0.2) is 0 Å². The van der Waals surface area contributed by atoms with E-state index < -0.39 is 5.97 Å². The number of hydrogen-bond acceptors (Lipinski definition) is 6. The molecule has 0 unspecified atom stereocenters. The number of piperidine rings is 2. The number of pyridine rings is 1. The van der Waals surface area contributed by atoms with Crippen LogP contribution in [0.5, 0.6) is 0 Å². The standard InChI is InChI=1S/C33H48N4O3/c1-33(2)15-7-19-37(24-33)29-11-3-8-26(20-29)27(21-31(38)39)23-40-30-12-6-18-36(22-30)17-5-10-28-14-13-25-9-4-16-34-32(25)35-28/h3,8,11,13-14,20,27,30H,4-7,9-10,12,15-19,21-24H2,1-2H3,(H,34,35)(H,38,39)/t27-,30-/m1/s1. The number of carboxylic acids is 1. The third-order valence-corrected chi connectivity index (χ3v) is 8.88. The lowest BCUT2D eigenvalue weighted by molar-refractivity contribution is -0.138. The molecule has 1 aromatic carbocycles. The maximum atomic E-state index is 11.8. The first-order valence-electron chi connectivity index (χ1n) is 15.5. The Kier molecular flexibility index (Phi) is 9.63. The molecule has 2 aromatic rings. The molecule has 7 nitrogen and oxygen atoms in total. The van der Waals surface area contributed by atoms with Crippen LogP contribution >= 0.6 is 0 Å². The number of benzene rings is 1. The van der Waals surface area contributed by atoms with Crippen LogP contribution in [0.25, 0.3) is 0 Å². The lowest BCUT2D eigenvalue weighted by atomic mass is 9.84. The Hall–Kier alpha value is -2.64. The van der Waals surface area contributed by atoms with Gasteiger partial charge < -0.3 is 25.0 Å². The number of aromatic nitrogens is 1. The third-order valence-electron chi connectivity index (χ3n) is 8.88. The molecule has 5 rings (SSSR count). The molecule has 0 aliphatic carbocycles. The molecular weight excluding hydrogens is 500 g/mol. The molecule has 7 heteroatoms. The van der Waals surface area contributed by atoms with E-state index in [9.17, 15) is 9.90 Å². The second-order valence-electron chi connectivity index (χ2n) is 12.9. The van der Waals surface area contributed by atoms with Gasteiger partial charge in [-0.05, 0) is 99.2 Å². The average Bonchev–Trinajstić information content (AvgIpc) is 2.95. The fourth-order valence-electron chi connectivity index (χ4n) is 6.70. The number of nitrogens with zero attached hydrogens (tertiary/aromatic N) is 3. The van der Waals surface area contributed by atoms with Crippen LogP contribution in [-0.4, -0.2) is 72.9 Å². The van der Waals surface area contributed by atoms with Gasteiger partial charge in [-0.2, -0.15) is 0 Å². The van der Waals surface area contributed by atoms with Gasteiger partial charge in [0.2, 0.25) is 0 Å². The van der Waals surface area contributed by atoms with Crippen LogP contribution in [0.4, 0.5) is 11.5 Å². The van der Waals surface area contributed by atoms with Gasteiger partial charge in [-0.1, -0.05) is 32.0 Å². The van der Waals surface area contributed by atoms with Crippen molar-refractivity contribution in [3.8, 4) is 0 Å². The SMILES string of the molecule is CC1(C)CCCN(c2cccc([C@@H](CO[C@@H]3CCCN(CCCc4ccc5c(n4)NCCC5)C3)CC(=O)O)c2)C1. The zero-order chi connectivity index (χ0) is 28.0. The minimum Gasteiger partial charge on any atom is -0.481 e. The summed E-state index contributed by atoms with van der Waals surface area (Å²) in [5.41, 5.74) is 5.09. The van der Waals surface area contributed by atoms with Crippen molar-refractivity contribution in [2.24, 2.45) is 5.41 Å². The average molecular weight is 549 g/mol.